The number of rotatable bonds is 9. The Morgan fingerprint density at radius 1 is 1.36 bits per heavy atom. The molecule has 2 atom stereocenters. The van der Waals surface area contributed by atoms with Gasteiger partial charge in [0.2, 0.25) is 10.0 Å². The van der Waals surface area contributed by atoms with Crippen LogP contribution in [0.4, 0.5) is 0 Å². The number of halogens is 1. The van der Waals surface area contributed by atoms with Gasteiger partial charge in [0.25, 0.3) is 0 Å². The van der Waals surface area contributed by atoms with E-state index in [0.717, 1.165) is 5.69 Å². The third kappa shape index (κ3) is 5.92. The van der Waals surface area contributed by atoms with Gasteiger partial charge in [-0.05, 0) is 30.7 Å². The number of ether oxygens (including phenoxy) is 3. The summed E-state index contributed by atoms with van der Waals surface area (Å²) in [7, 11) is -1.92. The minimum Gasteiger partial charge on any atom is -0.493 e. The molecule has 10 heteroatoms. The first kappa shape index (κ1) is 21.1. The van der Waals surface area contributed by atoms with E-state index in [1.54, 1.807) is 17.1 Å². The van der Waals surface area contributed by atoms with Gasteiger partial charge in [-0.15, -0.1) is 0 Å². The lowest BCUT2D eigenvalue weighted by molar-refractivity contribution is 0.0186. The van der Waals surface area contributed by atoms with Crippen molar-refractivity contribution in [1.29, 1.82) is 0 Å². The van der Waals surface area contributed by atoms with Crippen LogP contribution in [-0.4, -0.2) is 63.5 Å². The standard InChI is InChI=1S/C18H24ClN3O5S/c1-25-8-9-28(23,24)21-18-6-7-26-12-14(18)13-27-17-4-2-16(3-5-17)22-11-15(19)10-20-22/h2-5,10-11,14,18,21H,6-9,12-13H2,1H3. The summed E-state index contributed by atoms with van der Waals surface area (Å²) in [6, 6.07) is 7.21. The van der Waals surface area contributed by atoms with Crippen LogP contribution in [0.1, 0.15) is 6.42 Å². The Kier molecular flexibility index (Phi) is 7.30. The van der Waals surface area contributed by atoms with Gasteiger partial charge in [-0.25, -0.2) is 17.8 Å². The molecule has 3 rings (SSSR count). The van der Waals surface area contributed by atoms with E-state index in [9.17, 15) is 8.42 Å². The van der Waals surface area contributed by atoms with Crippen molar-refractivity contribution in [3.8, 4) is 11.4 Å². The van der Waals surface area contributed by atoms with Gasteiger partial charge in [-0.3, -0.25) is 0 Å². The first-order valence-electron chi connectivity index (χ1n) is 8.97. The minimum absolute atomic E-state index is 0.0622. The summed E-state index contributed by atoms with van der Waals surface area (Å²) in [6.07, 6.45) is 3.90. The predicted octanol–water partition coefficient (Wildman–Crippen LogP) is 1.88. The third-order valence-electron chi connectivity index (χ3n) is 4.48. The van der Waals surface area contributed by atoms with Gasteiger partial charge in [-0.2, -0.15) is 5.10 Å². The van der Waals surface area contributed by atoms with Crippen LogP contribution in [0, 0.1) is 5.92 Å². The summed E-state index contributed by atoms with van der Waals surface area (Å²) < 4.78 is 45.0. The number of hydrogen-bond acceptors (Lipinski definition) is 6. The molecular formula is C18H24ClN3O5S. The highest BCUT2D eigenvalue weighted by atomic mass is 35.5. The second kappa shape index (κ2) is 9.71. The number of nitrogens with zero attached hydrogens (tertiary/aromatic N) is 2. The molecular weight excluding hydrogens is 406 g/mol. The largest absolute Gasteiger partial charge is 0.493 e. The van der Waals surface area contributed by atoms with Gasteiger partial charge in [-0.1, -0.05) is 11.6 Å². The van der Waals surface area contributed by atoms with Crippen molar-refractivity contribution in [2.24, 2.45) is 5.92 Å². The molecule has 1 saturated heterocycles. The lowest BCUT2D eigenvalue weighted by atomic mass is 9.98. The molecule has 1 aliphatic heterocycles. The molecule has 0 saturated carbocycles. The average Bonchev–Trinajstić information content (AvgIpc) is 3.12. The molecule has 1 fully saturated rings. The first-order valence-corrected chi connectivity index (χ1v) is 11.0. The Hall–Kier alpha value is -1.65. The highest BCUT2D eigenvalue weighted by Crippen LogP contribution is 2.20. The molecule has 28 heavy (non-hydrogen) atoms. The van der Waals surface area contributed by atoms with E-state index in [-0.39, 0.29) is 24.3 Å². The summed E-state index contributed by atoms with van der Waals surface area (Å²) in [5, 5.41) is 4.72. The van der Waals surface area contributed by atoms with Crippen LogP contribution in [0.5, 0.6) is 5.75 Å². The highest BCUT2D eigenvalue weighted by Gasteiger charge is 2.30. The second-order valence-electron chi connectivity index (χ2n) is 6.57. The van der Waals surface area contributed by atoms with Crippen LogP contribution in [0.2, 0.25) is 5.02 Å². The Bertz CT molecular complexity index is 856. The smallest absolute Gasteiger partial charge is 0.214 e. The van der Waals surface area contributed by atoms with Crippen molar-refractivity contribution >= 4 is 21.6 Å². The number of hydrogen-bond donors (Lipinski definition) is 1. The fourth-order valence-electron chi connectivity index (χ4n) is 2.94. The molecule has 1 N–H and O–H groups in total. The summed E-state index contributed by atoms with van der Waals surface area (Å²) in [4.78, 5) is 0. The number of benzene rings is 1. The Labute approximate surface area is 169 Å². The third-order valence-corrected chi connectivity index (χ3v) is 6.04. The van der Waals surface area contributed by atoms with E-state index in [1.807, 2.05) is 24.3 Å². The number of sulfonamides is 1. The lowest BCUT2D eigenvalue weighted by Gasteiger charge is -2.31. The molecule has 2 heterocycles. The molecule has 1 aliphatic rings. The monoisotopic (exact) mass is 429 g/mol. The number of aromatic nitrogens is 2. The molecule has 0 bridgehead atoms. The second-order valence-corrected chi connectivity index (χ2v) is 8.88. The fraction of sp³-hybridized carbons (Fsp3) is 0.500. The molecule has 154 valence electrons. The van der Waals surface area contributed by atoms with Gasteiger partial charge in [0, 0.05) is 31.9 Å². The summed E-state index contributed by atoms with van der Waals surface area (Å²) in [5.41, 5.74) is 0.865. The maximum Gasteiger partial charge on any atom is 0.214 e. The van der Waals surface area contributed by atoms with Crippen molar-refractivity contribution in [3.63, 3.8) is 0 Å². The summed E-state index contributed by atoms with van der Waals surface area (Å²) in [6.45, 7) is 1.48. The zero-order valence-corrected chi connectivity index (χ0v) is 17.2. The summed E-state index contributed by atoms with van der Waals surface area (Å²) >= 11 is 5.89. The molecule has 8 nitrogen and oxygen atoms in total. The van der Waals surface area contributed by atoms with Gasteiger partial charge in [0.1, 0.15) is 5.75 Å². The molecule has 1 aromatic carbocycles. The Balaban J connectivity index is 1.57. The first-order chi connectivity index (χ1) is 13.5. The van der Waals surface area contributed by atoms with Crippen LogP contribution >= 0.6 is 11.6 Å². The minimum atomic E-state index is -3.40. The van der Waals surface area contributed by atoms with E-state index in [1.165, 1.54) is 7.11 Å². The van der Waals surface area contributed by atoms with Crippen LogP contribution in [0.15, 0.2) is 36.7 Å². The molecule has 0 spiro atoms. The summed E-state index contributed by atoms with van der Waals surface area (Å²) in [5.74, 6) is 0.553. The van der Waals surface area contributed by atoms with Crippen molar-refractivity contribution in [2.45, 2.75) is 12.5 Å². The molecule has 0 radical (unpaired) electrons. The fourth-order valence-corrected chi connectivity index (χ4v) is 4.35. The van der Waals surface area contributed by atoms with Crippen molar-refractivity contribution in [1.82, 2.24) is 14.5 Å². The lowest BCUT2D eigenvalue weighted by Crippen LogP contribution is -2.48. The quantitative estimate of drug-likeness (QED) is 0.654. The van der Waals surface area contributed by atoms with Crippen LogP contribution in [0.25, 0.3) is 5.69 Å². The van der Waals surface area contributed by atoms with Crippen molar-refractivity contribution < 1.29 is 22.6 Å². The van der Waals surface area contributed by atoms with Gasteiger partial charge in [0.15, 0.2) is 0 Å². The SMILES string of the molecule is COCCS(=O)(=O)NC1CCOCC1COc1ccc(-n2cc(Cl)cn2)cc1. The number of methoxy groups -OCH3 is 1. The van der Waals surface area contributed by atoms with E-state index >= 15 is 0 Å². The van der Waals surface area contributed by atoms with Gasteiger partial charge in [0.05, 0.1) is 42.5 Å². The molecule has 0 aliphatic carbocycles. The molecule has 1 aromatic heterocycles. The zero-order valence-electron chi connectivity index (χ0n) is 15.6. The number of nitrogens with one attached hydrogen (secondary N) is 1. The average molecular weight is 430 g/mol. The maximum absolute atomic E-state index is 12.2. The molecule has 2 aromatic rings. The Morgan fingerprint density at radius 2 is 2.14 bits per heavy atom. The van der Waals surface area contributed by atoms with Gasteiger partial charge < -0.3 is 14.2 Å². The predicted molar refractivity (Wildman–Crippen MR) is 106 cm³/mol. The van der Waals surface area contributed by atoms with Gasteiger partial charge >= 0.3 is 0 Å². The van der Waals surface area contributed by atoms with E-state index in [4.69, 9.17) is 25.8 Å². The maximum atomic E-state index is 12.2. The molecule has 0 amide bonds. The zero-order chi connectivity index (χ0) is 20.0. The van der Waals surface area contributed by atoms with Crippen molar-refractivity contribution in [3.05, 3.63) is 41.7 Å². The van der Waals surface area contributed by atoms with E-state index in [2.05, 4.69) is 9.82 Å². The Morgan fingerprint density at radius 3 is 2.82 bits per heavy atom. The normalized spacial score (nSPS) is 20.2. The van der Waals surface area contributed by atoms with E-state index < -0.39 is 10.0 Å². The van der Waals surface area contributed by atoms with E-state index in [0.29, 0.717) is 37.0 Å². The van der Waals surface area contributed by atoms with Crippen LogP contribution in [0.3, 0.4) is 0 Å². The van der Waals surface area contributed by atoms with Crippen LogP contribution < -0.4 is 9.46 Å². The van der Waals surface area contributed by atoms with Crippen molar-refractivity contribution in [2.75, 3.05) is 39.3 Å². The molecule has 2 unspecified atom stereocenters. The topological polar surface area (TPSA) is 91.7 Å². The van der Waals surface area contributed by atoms with Crippen LogP contribution in [-0.2, 0) is 19.5 Å². The highest BCUT2D eigenvalue weighted by molar-refractivity contribution is 7.89.